The number of rotatable bonds is 3. The van der Waals surface area contributed by atoms with Crippen molar-refractivity contribution in [3.05, 3.63) is 48.5 Å². The molecule has 3 rings (SSSR count). The van der Waals surface area contributed by atoms with Crippen molar-refractivity contribution >= 4 is 34.3 Å². The highest BCUT2D eigenvalue weighted by atomic mass is 35.5. The molecular weight excluding hydrogens is 288 g/mol. The largest absolute Gasteiger partial charge is 0.436 e. The second-order valence-electron chi connectivity index (χ2n) is 4.67. The van der Waals surface area contributed by atoms with Crippen LogP contribution < -0.4 is 5.32 Å². The van der Waals surface area contributed by atoms with Gasteiger partial charge in [-0.3, -0.25) is 4.79 Å². The minimum atomic E-state index is -0.568. The number of benzene rings is 2. The first-order valence-electron chi connectivity index (χ1n) is 6.54. The Bertz CT molecular complexity index is 745. The number of oxazole rings is 1. The number of aromatic nitrogens is 1. The van der Waals surface area contributed by atoms with Crippen LogP contribution in [0.2, 0.25) is 0 Å². The lowest BCUT2D eigenvalue weighted by Crippen LogP contribution is -2.20. The van der Waals surface area contributed by atoms with Crippen LogP contribution in [0.25, 0.3) is 22.6 Å². The number of carbonyl (C=O) groups is 1. The summed E-state index contributed by atoms with van der Waals surface area (Å²) in [5.74, 6) is 0.325. The van der Waals surface area contributed by atoms with Crippen LogP contribution in [-0.4, -0.2) is 16.3 Å². The Morgan fingerprint density at radius 2 is 1.90 bits per heavy atom. The van der Waals surface area contributed by atoms with Gasteiger partial charge in [0.1, 0.15) is 10.9 Å². The molecule has 0 aliphatic carbocycles. The van der Waals surface area contributed by atoms with Gasteiger partial charge >= 0.3 is 0 Å². The number of alkyl halides is 1. The lowest BCUT2D eigenvalue weighted by molar-refractivity contribution is -0.115. The van der Waals surface area contributed by atoms with E-state index in [0.29, 0.717) is 11.6 Å². The maximum Gasteiger partial charge on any atom is 0.242 e. The Kier molecular flexibility index (Phi) is 3.62. The minimum absolute atomic E-state index is 0.230. The SMILES string of the molecule is C[C@@H](Cl)C(=O)Nc1ccc(-c2nc3ccccc3o2)cc1. The molecule has 4 nitrogen and oxygen atoms in total. The second kappa shape index (κ2) is 5.58. The number of fused-ring (bicyclic) bond motifs is 1. The van der Waals surface area contributed by atoms with E-state index in [4.69, 9.17) is 16.0 Å². The summed E-state index contributed by atoms with van der Waals surface area (Å²) in [6.07, 6.45) is 0. The van der Waals surface area contributed by atoms with Crippen molar-refractivity contribution in [1.29, 1.82) is 0 Å². The van der Waals surface area contributed by atoms with Crippen LogP contribution in [0.4, 0.5) is 5.69 Å². The maximum absolute atomic E-state index is 11.5. The molecule has 0 aliphatic heterocycles. The van der Waals surface area contributed by atoms with Gasteiger partial charge in [0.15, 0.2) is 5.58 Å². The second-order valence-corrected chi connectivity index (χ2v) is 5.32. The van der Waals surface area contributed by atoms with E-state index in [1.807, 2.05) is 36.4 Å². The van der Waals surface area contributed by atoms with Gasteiger partial charge in [0.2, 0.25) is 11.8 Å². The van der Waals surface area contributed by atoms with E-state index >= 15 is 0 Å². The molecule has 0 fully saturated rings. The number of amides is 1. The van der Waals surface area contributed by atoms with Crippen molar-refractivity contribution < 1.29 is 9.21 Å². The molecule has 3 aromatic rings. The summed E-state index contributed by atoms with van der Waals surface area (Å²) in [6.45, 7) is 1.63. The summed E-state index contributed by atoms with van der Waals surface area (Å²) in [4.78, 5) is 15.9. The lowest BCUT2D eigenvalue weighted by Gasteiger charge is -2.06. The highest BCUT2D eigenvalue weighted by molar-refractivity contribution is 6.32. The molecule has 1 heterocycles. The normalized spacial score (nSPS) is 12.3. The smallest absolute Gasteiger partial charge is 0.242 e. The average molecular weight is 301 g/mol. The van der Waals surface area contributed by atoms with Gasteiger partial charge in [0.05, 0.1) is 0 Å². The zero-order valence-corrected chi connectivity index (χ0v) is 12.1. The molecular formula is C16H13ClN2O2. The first-order chi connectivity index (χ1) is 10.1. The van der Waals surface area contributed by atoms with Crippen LogP contribution in [0.1, 0.15) is 6.92 Å². The molecule has 0 aliphatic rings. The van der Waals surface area contributed by atoms with Gasteiger partial charge in [0, 0.05) is 11.3 Å². The van der Waals surface area contributed by atoms with E-state index in [2.05, 4.69) is 10.3 Å². The molecule has 1 N–H and O–H groups in total. The number of hydrogen-bond donors (Lipinski definition) is 1. The molecule has 21 heavy (non-hydrogen) atoms. The minimum Gasteiger partial charge on any atom is -0.436 e. The predicted octanol–water partition coefficient (Wildman–Crippen LogP) is 4.06. The van der Waals surface area contributed by atoms with Gasteiger partial charge in [-0.15, -0.1) is 11.6 Å². The first-order valence-corrected chi connectivity index (χ1v) is 6.98. The molecule has 0 bridgehead atoms. The van der Waals surface area contributed by atoms with Gasteiger partial charge in [-0.25, -0.2) is 4.98 Å². The lowest BCUT2D eigenvalue weighted by atomic mass is 10.2. The number of hydrogen-bond acceptors (Lipinski definition) is 3. The van der Waals surface area contributed by atoms with Crippen LogP contribution in [0.15, 0.2) is 52.9 Å². The van der Waals surface area contributed by atoms with E-state index in [-0.39, 0.29) is 5.91 Å². The summed E-state index contributed by atoms with van der Waals surface area (Å²) in [5.41, 5.74) is 3.11. The van der Waals surface area contributed by atoms with Crippen molar-refractivity contribution in [2.45, 2.75) is 12.3 Å². The molecule has 0 saturated heterocycles. The zero-order valence-electron chi connectivity index (χ0n) is 11.3. The quantitative estimate of drug-likeness (QED) is 0.742. The van der Waals surface area contributed by atoms with Crippen molar-refractivity contribution in [3.8, 4) is 11.5 Å². The highest BCUT2D eigenvalue weighted by Gasteiger charge is 2.10. The molecule has 1 atom stereocenters. The molecule has 1 aromatic heterocycles. The third kappa shape index (κ3) is 2.90. The molecule has 0 saturated carbocycles. The summed E-state index contributed by atoms with van der Waals surface area (Å²) in [6, 6.07) is 14.9. The molecule has 106 valence electrons. The number of carbonyl (C=O) groups excluding carboxylic acids is 1. The summed E-state index contributed by atoms with van der Waals surface area (Å²) in [7, 11) is 0. The van der Waals surface area contributed by atoms with Crippen LogP contribution in [-0.2, 0) is 4.79 Å². The van der Waals surface area contributed by atoms with Gasteiger partial charge in [0.25, 0.3) is 0 Å². The van der Waals surface area contributed by atoms with Crippen molar-refractivity contribution in [2.24, 2.45) is 0 Å². The number of anilines is 1. The maximum atomic E-state index is 11.5. The number of nitrogens with zero attached hydrogens (tertiary/aromatic N) is 1. The summed E-state index contributed by atoms with van der Waals surface area (Å²) in [5, 5.41) is 2.16. The van der Waals surface area contributed by atoms with E-state index in [1.54, 1.807) is 19.1 Å². The molecule has 1 amide bonds. The van der Waals surface area contributed by atoms with Crippen molar-refractivity contribution in [3.63, 3.8) is 0 Å². The molecule has 0 radical (unpaired) electrons. The number of para-hydroxylation sites is 2. The van der Waals surface area contributed by atoms with Gasteiger partial charge < -0.3 is 9.73 Å². The van der Waals surface area contributed by atoms with Crippen LogP contribution in [0, 0.1) is 0 Å². The Morgan fingerprint density at radius 1 is 1.19 bits per heavy atom. The average Bonchev–Trinajstić information content (AvgIpc) is 2.91. The van der Waals surface area contributed by atoms with E-state index < -0.39 is 5.38 Å². The molecule has 0 unspecified atom stereocenters. The number of halogens is 1. The van der Waals surface area contributed by atoms with E-state index in [9.17, 15) is 4.79 Å². The predicted molar refractivity (Wildman–Crippen MR) is 83.4 cm³/mol. The fraction of sp³-hybridized carbons (Fsp3) is 0.125. The van der Waals surface area contributed by atoms with Crippen LogP contribution in [0.3, 0.4) is 0 Å². The standard InChI is InChI=1S/C16H13ClN2O2/c1-10(17)15(20)18-12-8-6-11(7-9-12)16-19-13-4-2-3-5-14(13)21-16/h2-10H,1H3,(H,18,20)/t10-/m1/s1. The third-order valence-electron chi connectivity index (χ3n) is 3.05. The van der Waals surface area contributed by atoms with E-state index in [0.717, 1.165) is 16.7 Å². The van der Waals surface area contributed by atoms with E-state index in [1.165, 1.54) is 0 Å². The Morgan fingerprint density at radius 3 is 2.57 bits per heavy atom. The fourth-order valence-electron chi connectivity index (χ4n) is 1.93. The Balaban J connectivity index is 1.85. The Hall–Kier alpha value is -2.33. The molecule has 5 heteroatoms. The fourth-order valence-corrected chi connectivity index (χ4v) is 1.99. The van der Waals surface area contributed by atoms with Crippen molar-refractivity contribution in [2.75, 3.05) is 5.32 Å². The monoisotopic (exact) mass is 300 g/mol. The zero-order chi connectivity index (χ0) is 14.8. The summed E-state index contributed by atoms with van der Waals surface area (Å²) < 4.78 is 5.69. The summed E-state index contributed by atoms with van der Waals surface area (Å²) >= 11 is 5.71. The van der Waals surface area contributed by atoms with Gasteiger partial charge in [-0.2, -0.15) is 0 Å². The van der Waals surface area contributed by atoms with Crippen molar-refractivity contribution in [1.82, 2.24) is 4.98 Å². The van der Waals surface area contributed by atoms with Gasteiger partial charge in [-0.1, -0.05) is 12.1 Å². The topological polar surface area (TPSA) is 55.1 Å². The molecule has 2 aromatic carbocycles. The highest BCUT2D eigenvalue weighted by Crippen LogP contribution is 2.25. The Labute approximate surface area is 126 Å². The van der Waals surface area contributed by atoms with Crippen LogP contribution in [0.5, 0.6) is 0 Å². The number of nitrogens with one attached hydrogen (secondary N) is 1. The van der Waals surface area contributed by atoms with Crippen LogP contribution >= 0.6 is 11.6 Å². The molecule has 0 spiro atoms. The van der Waals surface area contributed by atoms with Gasteiger partial charge in [-0.05, 0) is 43.3 Å². The first kappa shape index (κ1) is 13.6. The third-order valence-corrected chi connectivity index (χ3v) is 3.25.